The number of pyridine rings is 1. The van der Waals surface area contributed by atoms with Gasteiger partial charge in [-0.25, -0.2) is 4.52 Å². The maximum absolute atomic E-state index is 6.12. The van der Waals surface area contributed by atoms with Crippen LogP contribution in [0.1, 0.15) is 26.2 Å². The molecule has 92 valence electrons. The minimum absolute atomic E-state index is 0.768. The Morgan fingerprint density at radius 1 is 1.35 bits per heavy atom. The van der Waals surface area contributed by atoms with E-state index in [2.05, 4.69) is 16.9 Å². The second-order valence-corrected chi connectivity index (χ2v) is 4.40. The molecule has 0 aliphatic heterocycles. The quantitative estimate of drug-likeness (QED) is 0.806. The number of unbranched alkanes of at least 4 members (excludes halogenated alkanes) is 2. The third-order valence-corrected chi connectivity index (χ3v) is 3.02. The second-order valence-electron chi connectivity index (χ2n) is 4.40. The summed E-state index contributed by atoms with van der Waals surface area (Å²) in [6, 6.07) is 5.93. The lowest BCUT2D eigenvalue weighted by Crippen LogP contribution is -2.20. The lowest BCUT2D eigenvalue weighted by Gasteiger charge is -2.16. The van der Waals surface area contributed by atoms with Gasteiger partial charge >= 0.3 is 0 Å². The zero-order valence-corrected chi connectivity index (χ0v) is 10.6. The Kier molecular flexibility index (Phi) is 3.52. The van der Waals surface area contributed by atoms with Crippen LogP contribution in [-0.2, 0) is 0 Å². The smallest absolute Gasteiger partial charge is 0.174 e. The minimum atomic E-state index is 0.768. The molecule has 2 heterocycles. The van der Waals surface area contributed by atoms with E-state index in [0.717, 1.165) is 23.6 Å². The molecule has 2 N–H and O–H groups in total. The van der Waals surface area contributed by atoms with Crippen LogP contribution in [0, 0.1) is 0 Å². The Bertz CT molecular complexity index is 489. The fraction of sp³-hybridized carbons (Fsp3) is 0.462. The highest BCUT2D eigenvalue weighted by Gasteiger charge is 2.12. The zero-order valence-electron chi connectivity index (χ0n) is 10.6. The molecule has 0 saturated heterocycles. The minimum Gasteiger partial charge on any atom is -0.394 e. The van der Waals surface area contributed by atoms with E-state index in [0.29, 0.717) is 0 Å². The first-order valence-corrected chi connectivity index (χ1v) is 6.18. The van der Waals surface area contributed by atoms with E-state index in [9.17, 15) is 0 Å². The summed E-state index contributed by atoms with van der Waals surface area (Å²) in [7, 11) is 2.05. The number of nitrogens with two attached hydrogens (primary N) is 1. The molecule has 2 aromatic heterocycles. The summed E-state index contributed by atoms with van der Waals surface area (Å²) in [6.07, 6.45) is 5.58. The van der Waals surface area contributed by atoms with Gasteiger partial charge in [-0.3, -0.25) is 0 Å². The molecule has 17 heavy (non-hydrogen) atoms. The molecule has 0 unspecified atom stereocenters. The third-order valence-electron chi connectivity index (χ3n) is 3.02. The number of anilines is 2. The van der Waals surface area contributed by atoms with Gasteiger partial charge in [-0.1, -0.05) is 25.8 Å². The molecule has 2 rings (SSSR count). The van der Waals surface area contributed by atoms with E-state index in [-0.39, 0.29) is 0 Å². The van der Waals surface area contributed by atoms with Crippen LogP contribution in [0.25, 0.3) is 5.52 Å². The van der Waals surface area contributed by atoms with Crippen molar-refractivity contribution < 1.29 is 0 Å². The SMILES string of the molecule is CCCCCN(C)c1nn2ccccc2c1N. The van der Waals surface area contributed by atoms with Gasteiger partial charge in [0.25, 0.3) is 0 Å². The van der Waals surface area contributed by atoms with E-state index < -0.39 is 0 Å². The van der Waals surface area contributed by atoms with Crippen LogP contribution in [0.4, 0.5) is 11.5 Å². The van der Waals surface area contributed by atoms with Crippen molar-refractivity contribution >= 4 is 17.0 Å². The van der Waals surface area contributed by atoms with Crippen molar-refractivity contribution in [2.24, 2.45) is 0 Å². The summed E-state index contributed by atoms with van der Waals surface area (Å²) >= 11 is 0. The first-order chi connectivity index (χ1) is 8.24. The predicted octanol–water partition coefficient (Wildman–Crippen LogP) is 2.54. The Labute approximate surface area is 102 Å². The summed E-state index contributed by atoms with van der Waals surface area (Å²) in [5.41, 5.74) is 7.86. The summed E-state index contributed by atoms with van der Waals surface area (Å²) in [5.74, 6) is 0.882. The van der Waals surface area contributed by atoms with E-state index in [1.807, 2.05) is 36.0 Å². The highest BCUT2D eigenvalue weighted by molar-refractivity contribution is 5.81. The topological polar surface area (TPSA) is 46.6 Å². The monoisotopic (exact) mass is 232 g/mol. The molecular formula is C13H20N4. The first kappa shape index (κ1) is 11.8. The molecule has 0 aliphatic rings. The number of nitrogens with zero attached hydrogens (tertiary/aromatic N) is 3. The molecule has 0 atom stereocenters. The number of nitrogen functional groups attached to an aromatic ring is 1. The van der Waals surface area contributed by atoms with E-state index in [4.69, 9.17) is 5.73 Å². The molecule has 2 aromatic rings. The van der Waals surface area contributed by atoms with Gasteiger partial charge in [0.1, 0.15) is 5.69 Å². The van der Waals surface area contributed by atoms with Crippen molar-refractivity contribution in [1.82, 2.24) is 9.61 Å². The van der Waals surface area contributed by atoms with Crippen LogP contribution in [0.15, 0.2) is 24.4 Å². The van der Waals surface area contributed by atoms with Crippen LogP contribution in [-0.4, -0.2) is 23.2 Å². The average molecular weight is 232 g/mol. The van der Waals surface area contributed by atoms with Gasteiger partial charge < -0.3 is 10.6 Å². The summed E-state index contributed by atoms with van der Waals surface area (Å²) in [5, 5.41) is 4.51. The summed E-state index contributed by atoms with van der Waals surface area (Å²) in [6.45, 7) is 3.21. The van der Waals surface area contributed by atoms with Crippen molar-refractivity contribution in [3.05, 3.63) is 24.4 Å². The predicted molar refractivity (Wildman–Crippen MR) is 72.4 cm³/mol. The van der Waals surface area contributed by atoms with Crippen molar-refractivity contribution in [3.8, 4) is 0 Å². The van der Waals surface area contributed by atoms with Crippen LogP contribution in [0.2, 0.25) is 0 Å². The van der Waals surface area contributed by atoms with Gasteiger partial charge in [0.05, 0.1) is 5.52 Å². The highest BCUT2D eigenvalue weighted by Crippen LogP contribution is 2.25. The molecule has 0 fully saturated rings. The number of hydrogen-bond donors (Lipinski definition) is 1. The van der Waals surface area contributed by atoms with Crippen LogP contribution in [0.5, 0.6) is 0 Å². The lowest BCUT2D eigenvalue weighted by molar-refractivity contribution is 0.699. The standard InChI is InChI=1S/C13H20N4/c1-3-4-6-9-16(2)13-12(14)11-8-5-7-10-17(11)15-13/h5,7-8,10H,3-4,6,9,14H2,1-2H3. The Balaban J connectivity index is 2.20. The molecule has 0 saturated carbocycles. The molecule has 4 heteroatoms. The van der Waals surface area contributed by atoms with Crippen molar-refractivity contribution in [2.75, 3.05) is 24.2 Å². The first-order valence-electron chi connectivity index (χ1n) is 6.18. The average Bonchev–Trinajstić information content (AvgIpc) is 2.68. The molecule has 0 spiro atoms. The summed E-state index contributed by atoms with van der Waals surface area (Å²) in [4.78, 5) is 2.14. The number of hydrogen-bond acceptors (Lipinski definition) is 3. The molecule has 0 bridgehead atoms. The maximum atomic E-state index is 6.12. The second kappa shape index (κ2) is 5.08. The van der Waals surface area contributed by atoms with Crippen molar-refractivity contribution in [2.45, 2.75) is 26.2 Å². The van der Waals surface area contributed by atoms with Gasteiger partial charge in [-0.2, -0.15) is 0 Å². The fourth-order valence-electron chi connectivity index (χ4n) is 1.99. The fourth-order valence-corrected chi connectivity index (χ4v) is 1.99. The van der Waals surface area contributed by atoms with Crippen LogP contribution in [0.3, 0.4) is 0 Å². The molecule has 0 aromatic carbocycles. The van der Waals surface area contributed by atoms with Gasteiger partial charge in [-0.15, -0.1) is 5.10 Å². The number of fused-ring (bicyclic) bond motifs is 1. The molecule has 0 aliphatic carbocycles. The third kappa shape index (κ3) is 2.35. The van der Waals surface area contributed by atoms with E-state index in [1.54, 1.807) is 0 Å². The van der Waals surface area contributed by atoms with E-state index in [1.165, 1.54) is 19.3 Å². The van der Waals surface area contributed by atoms with Gasteiger partial charge in [0, 0.05) is 19.8 Å². The van der Waals surface area contributed by atoms with Crippen LogP contribution >= 0.6 is 0 Å². The highest BCUT2D eigenvalue weighted by atomic mass is 15.3. The zero-order chi connectivity index (χ0) is 12.3. The number of aromatic nitrogens is 2. The maximum Gasteiger partial charge on any atom is 0.174 e. The molecule has 4 nitrogen and oxygen atoms in total. The lowest BCUT2D eigenvalue weighted by atomic mass is 10.2. The summed E-state index contributed by atoms with van der Waals surface area (Å²) < 4.78 is 1.83. The Morgan fingerprint density at radius 3 is 2.88 bits per heavy atom. The van der Waals surface area contributed by atoms with Crippen molar-refractivity contribution in [3.63, 3.8) is 0 Å². The normalized spacial score (nSPS) is 10.9. The Hall–Kier alpha value is -1.71. The molecule has 0 radical (unpaired) electrons. The number of rotatable bonds is 5. The molecule has 0 amide bonds. The largest absolute Gasteiger partial charge is 0.394 e. The van der Waals surface area contributed by atoms with Gasteiger partial charge in [0.15, 0.2) is 5.82 Å². The van der Waals surface area contributed by atoms with Crippen LogP contribution < -0.4 is 10.6 Å². The van der Waals surface area contributed by atoms with Gasteiger partial charge in [0.2, 0.25) is 0 Å². The van der Waals surface area contributed by atoms with Crippen molar-refractivity contribution in [1.29, 1.82) is 0 Å². The molecular weight excluding hydrogens is 212 g/mol. The van der Waals surface area contributed by atoms with E-state index >= 15 is 0 Å². The van der Waals surface area contributed by atoms with Gasteiger partial charge in [-0.05, 0) is 18.6 Å². The Morgan fingerprint density at radius 2 is 2.18 bits per heavy atom.